The number of anilines is 1. The van der Waals surface area contributed by atoms with Crippen LogP contribution in [0.15, 0.2) is 72.9 Å². The molecule has 1 aliphatic carbocycles. The summed E-state index contributed by atoms with van der Waals surface area (Å²) in [6.45, 7) is 5.23. The van der Waals surface area contributed by atoms with Crippen LogP contribution in [0.4, 0.5) is 5.69 Å². The molecule has 0 spiro atoms. The molecule has 4 aliphatic heterocycles. The van der Waals surface area contributed by atoms with E-state index in [1.165, 1.54) is 11.1 Å². The lowest BCUT2D eigenvalue weighted by atomic mass is 9.91. The Morgan fingerprint density at radius 2 is 1.64 bits per heavy atom. The number of rotatable bonds is 7. The summed E-state index contributed by atoms with van der Waals surface area (Å²) in [5.74, 6) is 1.09. The summed E-state index contributed by atoms with van der Waals surface area (Å²) in [5.41, 5.74) is 8.30. The van der Waals surface area contributed by atoms with Crippen molar-refractivity contribution in [2.75, 3.05) is 44.5 Å². The maximum absolute atomic E-state index is 15.3. The van der Waals surface area contributed by atoms with Gasteiger partial charge in [0.05, 0.1) is 30.4 Å². The van der Waals surface area contributed by atoms with Crippen LogP contribution in [0.2, 0.25) is 0 Å². The van der Waals surface area contributed by atoms with Crippen LogP contribution in [-0.4, -0.2) is 93.7 Å². The molecule has 58 heavy (non-hydrogen) atoms. The van der Waals surface area contributed by atoms with Crippen molar-refractivity contribution in [1.29, 1.82) is 0 Å². The first-order valence-electron chi connectivity index (χ1n) is 20.8. The van der Waals surface area contributed by atoms with Gasteiger partial charge in [0.2, 0.25) is 6.79 Å². The van der Waals surface area contributed by atoms with Gasteiger partial charge in [-0.3, -0.25) is 14.5 Å². The van der Waals surface area contributed by atoms with Gasteiger partial charge in [0.15, 0.2) is 11.5 Å². The summed E-state index contributed by atoms with van der Waals surface area (Å²) in [7, 11) is 2.03. The van der Waals surface area contributed by atoms with Crippen molar-refractivity contribution in [1.82, 2.24) is 18.9 Å². The molecule has 5 aromatic rings. The lowest BCUT2D eigenvalue weighted by Crippen LogP contribution is -2.52. The van der Waals surface area contributed by atoms with Gasteiger partial charge >= 0.3 is 0 Å². The van der Waals surface area contributed by atoms with Crippen LogP contribution in [-0.2, 0) is 37.7 Å². The first-order chi connectivity index (χ1) is 27.9. The molecule has 10 rings (SSSR count). The molecule has 1 N–H and O–H groups in total. The van der Waals surface area contributed by atoms with Crippen molar-refractivity contribution in [2.24, 2.45) is 7.05 Å². The number of hydrogen-bond acceptors (Lipinski definition) is 7. The fourth-order valence-electron chi connectivity index (χ4n) is 10.00. The van der Waals surface area contributed by atoms with Gasteiger partial charge in [-0.05, 0) is 105 Å². The summed E-state index contributed by atoms with van der Waals surface area (Å²) in [6.07, 6.45) is 8.01. The third-order valence-electron chi connectivity index (χ3n) is 13.1. The number of morpholine rings is 1. The number of halogens is 1. The predicted octanol–water partition coefficient (Wildman–Crippen LogP) is 6.98. The standard InChI is InChI=1S/C46H51N5O6.ClH/c1-47-17-15-31-23-34(11-14-40(31)47)51(33-9-12-36(52)13-10-33)46(54)39-24-42(49-16-5-4-8-41(39)49)37-25-43-44(57-29-56-43)26-38(37)45(53)50-27-32-7-3-2-6-30(32)22-35(50)28-48-18-20-55-21-19-48;/h2-3,6-7,11,14-15,17,23-26,33,35-36,52H,4-5,8-10,12-13,16,18-22,27-29H2,1H3;1H/t33?,35-,36?;/m0./s1. The van der Waals surface area contributed by atoms with Crippen LogP contribution >= 0.6 is 12.4 Å². The van der Waals surface area contributed by atoms with Crippen LogP contribution in [0, 0.1) is 0 Å². The molecular formula is C46H52ClN5O6. The van der Waals surface area contributed by atoms with Crippen molar-refractivity contribution < 1.29 is 28.9 Å². The summed E-state index contributed by atoms with van der Waals surface area (Å²) in [5, 5.41) is 11.6. The third-order valence-corrected chi connectivity index (χ3v) is 13.1. The highest BCUT2D eigenvalue weighted by Crippen LogP contribution is 2.43. The van der Waals surface area contributed by atoms with Gasteiger partial charge in [-0.15, -0.1) is 12.4 Å². The Balaban J connectivity index is 0.00000436. The predicted molar refractivity (Wildman–Crippen MR) is 225 cm³/mol. The molecule has 304 valence electrons. The Morgan fingerprint density at radius 1 is 0.862 bits per heavy atom. The van der Waals surface area contributed by atoms with E-state index in [0.717, 1.165) is 98.2 Å². The van der Waals surface area contributed by atoms with E-state index >= 15 is 9.59 Å². The zero-order valence-electron chi connectivity index (χ0n) is 33.1. The van der Waals surface area contributed by atoms with E-state index in [1.807, 2.05) is 36.3 Å². The summed E-state index contributed by atoms with van der Waals surface area (Å²) in [4.78, 5) is 37.1. The van der Waals surface area contributed by atoms with Crippen molar-refractivity contribution in [2.45, 2.75) is 82.6 Å². The first-order valence-corrected chi connectivity index (χ1v) is 20.8. The zero-order chi connectivity index (χ0) is 38.6. The van der Waals surface area contributed by atoms with E-state index in [1.54, 1.807) is 0 Å². The third kappa shape index (κ3) is 7.06. The minimum Gasteiger partial charge on any atom is -0.454 e. The highest BCUT2D eigenvalue weighted by Gasteiger charge is 2.37. The lowest BCUT2D eigenvalue weighted by Gasteiger charge is -2.40. The molecule has 1 atom stereocenters. The molecule has 11 nitrogen and oxygen atoms in total. The van der Waals surface area contributed by atoms with Gasteiger partial charge < -0.3 is 38.3 Å². The minimum absolute atomic E-state index is 0. The summed E-state index contributed by atoms with van der Waals surface area (Å²) < 4.78 is 21.9. The van der Waals surface area contributed by atoms with E-state index in [-0.39, 0.29) is 49.2 Å². The number of aliphatic hydroxyl groups excluding tert-OH is 1. The molecule has 2 fully saturated rings. The molecular weight excluding hydrogens is 754 g/mol. The Kier molecular flexibility index (Phi) is 10.7. The lowest BCUT2D eigenvalue weighted by molar-refractivity contribution is 0.0193. The SMILES string of the molecule is Cl.Cn1ccc2cc(N(C(=O)c3cc(-c4cc5c(cc4C(=O)N4Cc6ccccc6C[C@H]4CN4CCOCC4)OCO5)n4c3CCCC4)C3CCC(O)CC3)ccc21. The van der Waals surface area contributed by atoms with Crippen molar-refractivity contribution in [3.8, 4) is 22.8 Å². The Labute approximate surface area is 345 Å². The van der Waals surface area contributed by atoms with Gasteiger partial charge in [0, 0.05) is 91.6 Å². The quantitative estimate of drug-likeness (QED) is 0.190. The highest BCUT2D eigenvalue weighted by molar-refractivity contribution is 6.10. The molecule has 1 saturated carbocycles. The molecule has 2 amide bonds. The highest BCUT2D eigenvalue weighted by atomic mass is 35.5. The number of nitrogens with zero attached hydrogens (tertiary/aromatic N) is 5. The van der Waals surface area contributed by atoms with Crippen LogP contribution in [0.5, 0.6) is 11.5 Å². The molecule has 0 bridgehead atoms. The Bertz CT molecular complexity index is 2340. The van der Waals surface area contributed by atoms with E-state index in [9.17, 15) is 5.11 Å². The summed E-state index contributed by atoms with van der Waals surface area (Å²) in [6, 6.07) is 22.6. The smallest absolute Gasteiger partial charge is 0.260 e. The number of hydrogen-bond donors (Lipinski definition) is 1. The van der Waals surface area contributed by atoms with E-state index < -0.39 is 0 Å². The van der Waals surface area contributed by atoms with Crippen LogP contribution in [0.3, 0.4) is 0 Å². The average Bonchev–Trinajstić information content (AvgIpc) is 3.97. The van der Waals surface area contributed by atoms with Gasteiger partial charge in [-0.1, -0.05) is 24.3 Å². The van der Waals surface area contributed by atoms with E-state index in [0.29, 0.717) is 55.2 Å². The number of ether oxygens (including phenoxy) is 3. The Hall–Kier alpha value is -4.81. The number of carbonyl (C=O) groups is 2. The molecule has 2 aromatic heterocycles. The zero-order valence-corrected chi connectivity index (χ0v) is 33.9. The Morgan fingerprint density at radius 3 is 2.45 bits per heavy atom. The second-order valence-electron chi connectivity index (χ2n) is 16.5. The largest absolute Gasteiger partial charge is 0.454 e. The summed E-state index contributed by atoms with van der Waals surface area (Å²) >= 11 is 0. The minimum atomic E-state index is -0.340. The number of benzene rings is 3. The van der Waals surface area contributed by atoms with Crippen LogP contribution < -0.4 is 14.4 Å². The normalized spacial score (nSPS) is 21.6. The molecule has 5 aliphatic rings. The van der Waals surface area contributed by atoms with E-state index in [2.05, 4.69) is 67.5 Å². The second kappa shape index (κ2) is 16.1. The topological polar surface area (TPSA) is 102 Å². The number of carbonyl (C=O) groups excluding carboxylic acids is 2. The molecule has 3 aromatic carbocycles. The van der Waals surface area contributed by atoms with Gasteiger partial charge in [-0.25, -0.2) is 0 Å². The number of aliphatic hydroxyl groups is 1. The number of fused-ring (bicyclic) bond motifs is 4. The first kappa shape index (κ1) is 38.7. The molecule has 1 saturated heterocycles. The number of aromatic nitrogens is 2. The molecule has 6 heterocycles. The molecule has 0 unspecified atom stereocenters. The molecule has 0 radical (unpaired) electrons. The van der Waals surface area contributed by atoms with E-state index in [4.69, 9.17) is 14.2 Å². The van der Waals surface area contributed by atoms with Crippen molar-refractivity contribution in [3.05, 3.63) is 101 Å². The van der Waals surface area contributed by atoms with Gasteiger partial charge in [0.1, 0.15) is 0 Å². The second-order valence-corrected chi connectivity index (χ2v) is 16.5. The van der Waals surface area contributed by atoms with Gasteiger partial charge in [0.25, 0.3) is 11.8 Å². The number of amides is 2. The van der Waals surface area contributed by atoms with Gasteiger partial charge in [-0.2, -0.15) is 0 Å². The monoisotopic (exact) mass is 805 g/mol. The molecule has 12 heteroatoms. The average molecular weight is 806 g/mol. The van der Waals surface area contributed by atoms with Crippen LogP contribution in [0.1, 0.15) is 76.1 Å². The fourth-order valence-corrected chi connectivity index (χ4v) is 10.00. The fraction of sp³-hybridized carbons (Fsp3) is 0.435. The van der Waals surface area contributed by atoms with Crippen LogP contribution in [0.25, 0.3) is 22.2 Å². The van der Waals surface area contributed by atoms with Crippen molar-refractivity contribution >= 4 is 40.8 Å². The number of aryl methyl sites for hydroxylation is 1. The van der Waals surface area contributed by atoms with Crippen molar-refractivity contribution in [3.63, 3.8) is 0 Å². The maximum Gasteiger partial charge on any atom is 0.260 e. The maximum atomic E-state index is 15.3.